The molecule has 0 aliphatic carbocycles. The maximum Gasteiger partial charge on any atom is 0.407 e. The van der Waals surface area contributed by atoms with Crippen molar-refractivity contribution < 1.29 is 17.9 Å². The van der Waals surface area contributed by atoms with Gasteiger partial charge in [-0.25, -0.2) is 0 Å². The van der Waals surface area contributed by atoms with Gasteiger partial charge in [0.25, 0.3) is 0 Å². The van der Waals surface area contributed by atoms with Crippen LogP contribution >= 0.6 is 11.6 Å². The zero-order valence-electron chi connectivity index (χ0n) is 7.81. The molecule has 15 heavy (non-hydrogen) atoms. The first-order valence-corrected chi connectivity index (χ1v) is 4.40. The van der Waals surface area contributed by atoms with E-state index in [-0.39, 0.29) is 16.3 Å². The highest BCUT2D eigenvalue weighted by molar-refractivity contribution is 6.31. The molecule has 0 fully saturated rings. The van der Waals surface area contributed by atoms with Gasteiger partial charge in [-0.2, -0.15) is 13.2 Å². The summed E-state index contributed by atoms with van der Waals surface area (Å²) in [5, 5.41) is -0.0563. The first kappa shape index (κ1) is 12.1. The highest BCUT2D eigenvalue weighted by atomic mass is 35.5. The number of hydrogen-bond acceptors (Lipinski definition) is 2. The number of alkyl halides is 3. The molecule has 0 aromatic heterocycles. The second kappa shape index (κ2) is 4.28. The number of ether oxygens (including phenoxy) is 1. The van der Waals surface area contributed by atoms with Crippen LogP contribution in [0.3, 0.4) is 0 Å². The van der Waals surface area contributed by atoms with E-state index in [0.29, 0.717) is 0 Å². The molecular weight excluding hydrogens is 231 g/mol. The number of methoxy groups -OCH3 is 1. The van der Waals surface area contributed by atoms with E-state index in [0.717, 1.165) is 0 Å². The van der Waals surface area contributed by atoms with Crippen LogP contribution in [0.5, 0.6) is 5.75 Å². The standard InChI is InChI=1S/C9H9ClF3NO/c1-15-6-4-2-3-5(10)7(6)8(14)9(11,12)13/h2-4,8H,14H2,1H3. The molecule has 84 valence electrons. The van der Waals surface area contributed by atoms with Crippen LogP contribution in [0.25, 0.3) is 0 Å². The number of nitrogens with two attached hydrogens (primary N) is 1. The third kappa shape index (κ3) is 2.54. The lowest BCUT2D eigenvalue weighted by atomic mass is 10.1. The third-order valence-electron chi connectivity index (χ3n) is 1.90. The zero-order chi connectivity index (χ0) is 11.6. The second-order valence-corrected chi connectivity index (χ2v) is 3.28. The Bertz CT molecular complexity index is 354. The van der Waals surface area contributed by atoms with Crippen LogP contribution in [0.4, 0.5) is 13.2 Å². The average molecular weight is 240 g/mol. The molecule has 2 nitrogen and oxygen atoms in total. The highest BCUT2D eigenvalue weighted by Gasteiger charge is 2.40. The molecule has 0 radical (unpaired) electrons. The fraction of sp³-hybridized carbons (Fsp3) is 0.333. The minimum Gasteiger partial charge on any atom is -0.496 e. The molecule has 0 bridgehead atoms. The lowest BCUT2D eigenvalue weighted by Gasteiger charge is -2.19. The Morgan fingerprint density at radius 3 is 2.47 bits per heavy atom. The number of rotatable bonds is 2. The summed E-state index contributed by atoms with van der Waals surface area (Å²) in [6.07, 6.45) is -4.54. The number of hydrogen-bond donors (Lipinski definition) is 1. The monoisotopic (exact) mass is 239 g/mol. The summed E-state index contributed by atoms with van der Waals surface area (Å²) >= 11 is 5.65. The average Bonchev–Trinajstić information content (AvgIpc) is 2.15. The van der Waals surface area contributed by atoms with Crippen molar-refractivity contribution in [1.82, 2.24) is 0 Å². The summed E-state index contributed by atoms with van der Waals surface area (Å²) in [5.74, 6) is 0.0346. The summed E-state index contributed by atoms with van der Waals surface area (Å²) in [4.78, 5) is 0. The minimum atomic E-state index is -4.54. The van der Waals surface area contributed by atoms with E-state index in [1.807, 2.05) is 0 Å². The first-order chi connectivity index (χ1) is 6.88. The van der Waals surface area contributed by atoms with Gasteiger partial charge in [-0.05, 0) is 12.1 Å². The van der Waals surface area contributed by atoms with Crippen molar-refractivity contribution in [2.75, 3.05) is 7.11 Å². The van der Waals surface area contributed by atoms with E-state index in [1.165, 1.54) is 25.3 Å². The maximum absolute atomic E-state index is 12.4. The third-order valence-corrected chi connectivity index (χ3v) is 2.23. The molecule has 0 amide bonds. The molecule has 2 N–H and O–H groups in total. The van der Waals surface area contributed by atoms with Crippen LogP contribution in [0.1, 0.15) is 11.6 Å². The second-order valence-electron chi connectivity index (χ2n) is 2.88. The van der Waals surface area contributed by atoms with E-state index >= 15 is 0 Å². The zero-order valence-corrected chi connectivity index (χ0v) is 8.56. The van der Waals surface area contributed by atoms with Crippen molar-refractivity contribution in [2.45, 2.75) is 12.2 Å². The first-order valence-electron chi connectivity index (χ1n) is 4.02. The molecule has 0 aliphatic heterocycles. The predicted molar refractivity (Wildman–Crippen MR) is 51.0 cm³/mol. The molecule has 0 saturated heterocycles. The Morgan fingerprint density at radius 1 is 1.40 bits per heavy atom. The number of benzene rings is 1. The molecule has 1 atom stereocenters. The molecular formula is C9H9ClF3NO. The normalized spacial score (nSPS) is 13.7. The Labute approximate surface area is 89.8 Å². The van der Waals surface area contributed by atoms with Crippen molar-refractivity contribution in [3.05, 3.63) is 28.8 Å². The molecule has 0 spiro atoms. The maximum atomic E-state index is 12.4. The van der Waals surface area contributed by atoms with Crippen molar-refractivity contribution in [3.63, 3.8) is 0 Å². The molecule has 6 heteroatoms. The van der Waals surface area contributed by atoms with Gasteiger partial charge < -0.3 is 10.5 Å². The van der Waals surface area contributed by atoms with Crippen LogP contribution in [0, 0.1) is 0 Å². The molecule has 0 saturated carbocycles. The van der Waals surface area contributed by atoms with Crippen LogP contribution in [-0.2, 0) is 0 Å². The van der Waals surface area contributed by atoms with Crippen molar-refractivity contribution in [2.24, 2.45) is 5.73 Å². The van der Waals surface area contributed by atoms with E-state index < -0.39 is 12.2 Å². The summed E-state index contributed by atoms with van der Waals surface area (Å²) in [6, 6.07) is 2.08. The van der Waals surface area contributed by atoms with Gasteiger partial charge in [-0.3, -0.25) is 0 Å². The smallest absolute Gasteiger partial charge is 0.407 e. The van der Waals surface area contributed by atoms with Gasteiger partial charge in [-0.15, -0.1) is 0 Å². The quantitative estimate of drug-likeness (QED) is 0.861. The summed E-state index contributed by atoms with van der Waals surface area (Å²) in [5.41, 5.74) is 4.82. The minimum absolute atomic E-state index is 0.0346. The van der Waals surface area contributed by atoms with Gasteiger partial charge in [0.15, 0.2) is 0 Å². The Kier molecular flexibility index (Phi) is 3.46. The van der Waals surface area contributed by atoms with Gasteiger partial charge in [-0.1, -0.05) is 17.7 Å². The van der Waals surface area contributed by atoms with Gasteiger partial charge in [0, 0.05) is 10.6 Å². The van der Waals surface area contributed by atoms with Crippen LogP contribution in [0.2, 0.25) is 5.02 Å². The highest BCUT2D eigenvalue weighted by Crippen LogP contribution is 2.39. The van der Waals surface area contributed by atoms with Crippen molar-refractivity contribution in [3.8, 4) is 5.75 Å². The molecule has 1 aromatic carbocycles. The van der Waals surface area contributed by atoms with Crippen LogP contribution < -0.4 is 10.5 Å². The Morgan fingerprint density at radius 2 is 2.00 bits per heavy atom. The fourth-order valence-corrected chi connectivity index (χ4v) is 1.44. The van der Waals surface area contributed by atoms with Crippen LogP contribution in [-0.4, -0.2) is 13.3 Å². The van der Waals surface area contributed by atoms with E-state index in [4.69, 9.17) is 22.1 Å². The molecule has 1 rings (SSSR count). The van der Waals surface area contributed by atoms with E-state index in [1.54, 1.807) is 0 Å². The van der Waals surface area contributed by atoms with Crippen molar-refractivity contribution in [1.29, 1.82) is 0 Å². The van der Waals surface area contributed by atoms with Crippen LogP contribution in [0.15, 0.2) is 18.2 Å². The van der Waals surface area contributed by atoms with E-state index in [9.17, 15) is 13.2 Å². The lowest BCUT2D eigenvalue weighted by Crippen LogP contribution is -2.29. The largest absolute Gasteiger partial charge is 0.496 e. The number of halogens is 4. The fourth-order valence-electron chi connectivity index (χ4n) is 1.16. The SMILES string of the molecule is COc1cccc(Cl)c1C(N)C(F)(F)F. The lowest BCUT2D eigenvalue weighted by molar-refractivity contribution is -0.149. The summed E-state index contributed by atoms with van der Waals surface area (Å²) < 4.78 is 42.0. The predicted octanol–water partition coefficient (Wildman–Crippen LogP) is 2.91. The Balaban J connectivity index is 3.23. The van der Waals surface area contributed by atoms with Gasteiger partial charge >= 0.3 is 6.18 Å². The summed E-state index contributed by atoms with van der Waals surface area (Å²) in [6.45, 7) is 0. The van der Waals surface area contributed by atoms with Crippen molar-refractivity contribution >= 4 is 11.6 Å². The Hall–Kier alpha value is -0.940. The van der Waals surface area contributed by atoms with Gasteiger partial charge in [0.1, 0.15) is 11.8 Å². The topological polar surface area (TPSA) is 35.2 Å². The molecule has 1 aromatic rings. The van der Waals surface area contributed by atoms with E-state index in [2.05, 4.69) is 0 Å². The molecule has 1 unspecified atom stereocenters. The van der Waals surface area contributed by atoms with Gasteiger partial charge in [0.05, 0.1) is 7.11 Å². The summed E-state index contributed by atoms with van der Waals surface area (Å²) in [7, 11) is 1.26. The van der Waals surface area contributed by atoms with Gasteiger partial charge in [0.2, 0.25) is 0 Å². The molecule has 0 heterocycles. The molecule has 0 aliphatic rings.